The second kappa shape index (κ2) is 10.7. The first-order chi connectivity index (χ1) is 8.45. The summed E-state index contributed by atoms with van der Waals surface area (Å²) in [6, 6.07) is 0.354. The molecule has 0 aliphatic carbocycles. The molecule has 18 heavy (non-hydrogen) atoms. The van der Waals surface area contributed by atoms with Gasteiger partial charge >= 0.3 is 0 Å². The molecule has 0 spiro atoms. The summed E-state index contributed by atoms with van der Waals surface area (Å²) in [6.45, 7) is 10.2. The van der Waals surface area contributed by atoms with Gasteiger partial charge in [0.05, 0.1) is 18.8 Å². The SMILES string of the molecule is COCCC(C)NCC(O)COC(C)CC(C)C. The summed E-state index contributed by atoms with van der Waals surface area (Å²) in [6.07, 6.45) is 1.76. The summed E-state index contributed by atoms with van der Waals surface area (Å²) in [5.41, 5.74) is 0. The number of ether oxygens (including phenoxy) is 2. The lowest BCUT2D eigenvalue weighted by molar-refractivity contribution is -0.00934. The Bertz CT molecular complexity index is 188. The van der Waals surface area contributed by atoms with E-state index in [2.05, 4.69) is 33.0 Å². The molecule has 0 aliphatic rings. The first-order valence-electron chi connectivity index (χ1n) is 6.97. The maximum atomic E-state index is 9.79. The molecule has 0 fully saturated rings. The first-order valence-corrected chi connectivity index (χ1v) is 6.97. The molecule has 4 nitrogen and oxygen atoms in total. The number of aliphatic hydroxyl groups is 1. The molecular weight excluding hydrogens is 230 g/mol. The van der Waals surface area contributed by atoms with Crippen LogP contribution in [0.5, 0.6) is 0 Å². The molecule has 4 heteroatoms. The molecule has 0 radical (unpaired) electrons. The molecule has 0 saturated carbocycles. The van der Waals surface area contributed by atoms with Gasteiger partial charge < -0.3 is 19.9 Å². The van der Waals surface area contributed by atoms with Crippen molar-refractivity contribution in [1.82, 2.24) is 5.32 Å². The molecule has 3 unspecified atom stereocenters. The van der Waals surface area contributed by atoms with Gasteiger partial charge in [-0.15, -0.1) is 0 Å². The van der Waals surface area contributed by atoms with Crippen LogP contribution in [0.1, 0.15) is 40.5 Å². The van der Waals surface area contributed by atoms with Gasteiger partial charge in [0.2, 0.25) is 0 Å². The van der Waals surface area contributed by atoms with Crippen molar-refractivity contribution < 1.29 is 14.6 Å². The van der Waals surface area contributed by atoms with Gasteiger partial charge in [0.1, 0.15) is 0 Å². The average Bonchev–Trinajstić information content (AvgIpc) is 2.30. The first kappa shape index (κ1) is 17.8. The summed E-state index contributed by atoms with van der Waals surface area (Å²) in [4.78, 5) is 0. The molecule has 0 amide bonds. The number of methoxy groups -OCH3 is 1. The molecule has 0 saturated heterocycles. The summed E-state index contributed by atoms with van der Waals surface area (Å²) in [7, 11) is 1.70. The predicted octanol–water partition coefficient (Wildman–Crippen LogP) is 1.81. The number of aliphatic hydroxyl groups excluding tert-OH is 1. The quantitative estimate of drug-likeness (QED) is 0.595. The van der Waals surface area contributed by atoms with Crippen LogP contribution >= 0.6 is 0 Å². The molecule has 2 N–H and O–H groups in total. The normalized spacial score (nSPS) is 16.8. The molecular formula is C14H31NO3. The van der Waals surface area contributed by atoms with E-state index in [1.165, 1.54) is 0 Å². The van der Waals surface area contributed by atoms with Crippen molar-refractivity contribution in [2.75, 3.05) is 26.9 Å². The molecule has 0 bridgehead atoms. The van der Waals surface area contributed by atoms with Crippen LogP contribution in [-0.2, 0) is 9.47 Å². The predicted molar refractivity (Wildman–Crippen MR) is 74.8 cm³/mol. The molecule has 110 valence electrons. The maximum Gasteiger partial charge on any atom is 0.0897 e. The third-order valence-corrected chi connectivity index (χ3v) is 2.83. The minimum absolute atomic E-state index is 0.213. The monoisotopic (exact) mass is 261 g/mol. The van der Waals surface area contributed by atoms with E-state index in [0.717, 1.165) is 19.4 Å². The van der Waals surface area contributed by atoms with Crippen molar-refractivity contribution in [1.29, 1.82) is 0 Å². The van der Waals surface area contributed by atoms with Gasteiger partial charge in [-0.2, -0.15) is 0 Å². The highest BCUT2D eigenvalue weighted by molar-refractivity contribution is 4.65. The van der Waals surface area contributed by atoms with Crippen molar-refractivity contribution in [2.24, 2.45) is 5.92 Å². The fourth-order valence-corrected chi connectivity index (χ4v) is 1.80. The van der Waals surface area contributed by atoms with E-state index in [1.807, 2.05) is 0 Å². The fraction of sp³-hybridized carbons (Fsp3) is 1.00. The Hall–Kier alpha value is -0.160. The van der Waals surface area contributed by atoms with Crippen LogP contribution in [0.15, 0.2) is 0 Å². The number of hydrogen-bond donors (Lipinski definition) is 2. The number of nitrogens with one attached hydrogen (secondary N) is 1. The van der Waals surface area contributed by atoms with Gasteiger partial charge in [-0.1, -0.05) is 13.8 Å². The Kier molecular flexibility index (Phi) is 10.6. The van der Waals surface area contributed by atoms with Crippen LogP contribution in [0.25, 0.3) is 0 Å². The van der Waals surface area contributed by atoms with E-state index in [-0.39, 0.29) is 6.10 Å². The van der Waals surface area contributed by atoms with Crippen LogP contribution in [-0.4, -0.2) is 50.2 Å². The molecule has 0 aromatic rings. The van der Waals surface area contributed by atoms with Crippen molar-refractivity contribution in [3.63, 3.8) is 0 Å². The largest absolute Gasteiger partial charge is 0.389 e. The number of hydrogen-bond acceptors (Lipinski definition) is 4. The standard InChI is InChI=1S/C14H31NO3/c1-11(2)8-13(4)18-10-14(16)9-15-12(3)6-7-17-5/h11-16H,6-10H2,1-5H3. The highest BCUT2D eigenvalue weighted by atomic mass is 16.5. The summed E-state index contributed by atoms with van der Waals surface area (Å²) < 4.78 is 10.6. The lowest BCUT2D eigenvalue weighted by Crippen LogP contribution is -2.37. The van der Waals surface area contributed by atoms with Crippen LogP contribution in [0.3, 0.4) is 0 Å². The summed E-state index contributed by atoms with van der Waals surface area (Å²) in [5.74, 6) is 0.629. The van der Waals surface area contributed by atoms with E-state index < -0.39 is 6.10 Å². The Labute approximate surface area is 112 Å². The van der Waals surface area contributed by atoms with Crippen molar-refractivity contribution in [3.05, 3.63) is 0 Å². The Morgan fingerprint density at radius 2 is 1.83 bits per heavy atom. The van der Waals surface area contributed by atoms with Gasteiger partial charge in [-0.3, -0.25) is 0 Å². The van der Waals surface area contributed by atoms with Crippen molar-refractivity contribution >= 4 is 0 Å². The van der Waals surface area contributed by atoms with Crippen LogP contribution in [0, 0.1) is 5.92 Å². The lowest BCUT2D eigenvalue weighted by Gasteiger charge is -2.20. The third-order valence-electron chi connectivity index (χ3n) is 2.83. The van der Waals surface area contributed by atoms with Crippen molar-refractivity contribution in [2.45, 2.75) is 58.8 Å². The third kappa shape index (κ3) is 11.0. The second-order valence-corrected chi connectivity index (χ2v) is 5.52. The number of rotatable bonds is 11. The highest BCUT2D eigenvalue weighted by Crippen LogP contribution is 2.07. The van der Waals surface area contributed by atoms with E-state index >= 15 is 0 Å². The van der Waals surface area contributed by atoms with Crippen LogP contribution in [0.2, 0.25) is 0 Å². The molecule has 0 heterocycles. The van der Waals surface area contributed by atoms with Crippen LogP contribution < -0.4 is 5.32 Å². The van der Waals surface area contributed by atoms with E-state index in [0.29, 0.717) is 25.1 Å². The topological polar surface area (TPSA) is 50.7 Å². The zero-order valence-corrected chi connectivity index (χ0v) is 12.6. The van der Waals surface area contributed by atoms with E-state index in [9.17, 15) is 5.11 Å². The zero-order chi connectivity index (χ0) is 14.0. The Balaban J connectivity index is 3.55. The van der Waals surface area contributed by atoms with E-state index in [1.54, 1.807) is 7.11 Å². The minimum atomic E-state index is -0.440. The minimum Gasteiger partial charge on any atom is -0.389 e. The average molecular weight is 261 g/mol. The Morgan fingerprint density at radius 1 is 1.17 bits per heavy atom. The van der Waals surface area contributed by atoms with Crippen LogP contribution in [0.4, 0.5) is 0 Å². The highest BCUT2D eigenvalue weighted by Gasteiger charge is 2.10. The second-order valence-electron chi connectivity index (χ2n) is 5.52. The molecule has 0 aromatic carbocycles. The van der Waals surface area contributed by atoms with Gasteiger partial charge in [0.25, 0.3) is 0 Å². The van der Waals surface area contributed by atoms with Crippen molar-refractivity contribution in [3.8, 4) is 0 Å². The van der Waals surface area contributed by atoms with Gasteiger partial charge in [0.15, 0.2) is 0 Å². The van der Waals surface area contributed by atoms with Gasteiger partial charge in [0, 0.05) is 26.3 Å². The van der Waals surface area contributed by atoms with Gasteiger partial charge in [-0.05, 0) is 32.6 Å². The van der Waals surface area contributed by atoms with E-state index in [4.69, 9.17) is 9.47 Å². The smallest absolute Gasteiger partial charge is 0.0897 e. The zero-order valence-electron chi connectivity index (χ0n) is 12.6. The fourth-order valence-electron chi connectivity index (χ4n) is 1.80. The maximum absolute atomic E-state index is 9.79. The molecule has 0 aromatic heterocycles. The lowest BCUT2D eigenvalue weighted by atomic mass is 10.1. The molecule has 3 atom stereocenters. The molecule has 0 aliphatic heterocycles. The summed E-state index contributed by atoms with van der Waals surface area (Å²) >= 11 is 0. The summed E-state index contributed by atoms with van der Waals surface area (Å²) in [5, 5.41) is 13.1. The molecule has 0 rings (SSSR count). The van der Waals surface area contributed by atoms with Gasteiger partial charge in [-0.25, -0.2) is 0 Å². The Morgan fingerprint density at radius 3 is 2.39 bits per heavy atom.